The van der Waals surface area contributed by atoms with Crippen LogP contribution in [0.1, 0.15) is 0 Å². The molecular weight excluding hydrogens is 120 g/mol. The molecule has 0 aromatic carbocycles. The fourth-order valence-corrected chi connectivity index (χ4v) is 0.264. The number of hydrogen-bond donors (Lipinski definition) is 1. The van der Waals surface area contributed by atoms with Crippen molar-refractivity contribution in [1.29, 1.82) is 0 Å². The molecule has 0 fully saturated rings. The van der Waals surface area contributed by atoms with Gasteiger partial charge in [0.1, 0.15) is 5.92 Å². The van der Waals surface area contributed by atoms with E-state index in [0.29, 0.717) is 0 Å². The fourth-order valence-electron chi connectivity index (χ4n) is 0.264. The van der Waals surface area contributed by atoms with Crippen molar-refractivity contribution in [3.63, 3.8) is 0 Å². The summed E-state index contributed by atoms with van der Waals surface area (Å²) in [4.78, 5) is 20.4. The molecule has 0 aromatic rings. The first-order valence-corrected chi connectivity index (χ1v) is 2.31. The molecule has 3 nitrogen and oxygen atoms in total. The van der Waals surface area contributed by atoms with Gasteiger partial charge in [0.25, 0.3) is 0 Å². The first kappa shape index (κ1) is 7.88. The van der Waals surface area contributed by atoms with Crippen molar-refractivity contribution in [2.75, 3.05) is 0 Å². The van der Waals surface area contributed by atoms with Gasteiger partial charge in [-0.15, -0.1) is 0 Å². The number of ketones is 1. The highest BCUT2D eigenvalue weighted by Gasteiger charge is 2.16. The molecule has 0 aliphatic heterocycles. The number of carboxylic acid groups (broad SMARTS) is 1. The van der Waals surface area contributed by atoms with Crippen LogP contribution >= 0.6 is 0 Å². The molecule has 0 saturated carbocycles. The molecule has 0 aliphatic rings. The van der Waals surface area contributed by atoms with Crippen LogP contribution in [0.2, 0.25) is 0 Å². The Bertz CT molecular complexity index is 148. The first-order valence-electron chi connectivity index (χ1n) is 2.31. The highest BCUT2D eigenvalue weighted by molar-refractivity contribution is 6.04. The number of allylic oxidation sites excluding steroid dienone is 1. The van der Waals surface area contributed by atoms with E-state index in [1.807, 2.05) is 0 Å². The zero-order chi connectivity index (χ0) is 7.44. The molecule has 1 atom stereocenters. The predicted molar refractivity (Wildman–Crippen MR) is 31.7 cm³/mol. The Morgan fingerprint density at radius 2 is 2.00 bits per heavy atom. The molecule has 49 valence electrons. The second kappa shape index (κ2) is 3.02. The molecule has 3 heteroatoms. The molecule has 1 radical (unpaired) electrons. The summed E-state index contributed by atoms with van der Waals surface area (Å²) in [6.45, 7) is 6.20. The third kappa shape index (κ3) is 2.08. The lowest BCUT2D eigenvalue weighted by Gasteiger charge is -1.96. The minimum absolute atomic E-state index is 0.567. The Labute approximate surface area is 53.0 Å². The highest BCUT2D eigenvalue weighted by Crippen LogP contribution is 1.95. The van der Waals surface area contributed by atoms with Gasteiger partial charge >= 0.3 is 5.97 Å². The Balaban J connectivity index is 4.03. The molecule has 0 rings (SSSR count). The van der Waals surface area contributed by atoms with E-state index in [4.69, 9.17) is 5.11 Å². The van der Waals surface area contributed by atoms with Gasteiger partial charge in [0.2, 0.25) is 0 Å². The summed E-state index contributed by atoms with van der Waals surface area (Å²) in [6, 6.07) is 0. The number of hydrogen-bond acceptors (Lipinski definition) is 2. The minimum atomic E-state index is -1.22. The lowest BCUT2D eigenvalue weighted by molar-refractivity contribution is -0.143. The van der Waals surface area contributed by atoms with Crippen LogP contribution in [0.25, 0.3) is 0 Å². The molecule has 0 aliphatic carbocycles. The largest absolute Gasteiger partial charge is 0.481 e. The molecule has 1 unspecified atom stereocenters. The summed E-state index contributed by atoms with van der Waals surface area (Å²) in [5, 5.41) is 8.15. The summed E-state index contributed by atoms with van der Waals surface area (Å²) >= 11 is 0. The van der Waals surface area contributed by atoms with Crippen molar-refractivity contribution in [3.05, 3.63) is 19.6 Å². The van der Waals surface area contributed by atoms with Gasteiger partial charge in [-0.3, -0.25) is 9.59 Å². The predicted octanol–water partition coefficient (Wildman–Crippen LogP) is 0.276. The molecule has 0 aromatic heterocycles. The molecule has 0 saturated heterocycles. The highest BCUT2D eigenvalue weighted by atomic mass is 16.4. The van der Waals surface area contributed by atoms with Crippen LogP contribution in [-0.2, 0) is 9.59 Å². The lowest BCUT2D eigenvalue weighted by atomic mass is 10.1. The Hall–Kier alpha value is -1.12. The van der Waals surface area contributed by atoms with E-state index in [1.54, 1.807) is 0 Å². The summed E-state index contributed by atoms with van der Waals surface area (Å²) in [5.41, 5.74) is 0. The quantitative estimate of drug-likeness (QED) is 0.437. The van der Waals surface area contributed by atoms with E-state index in [9.17, 15) is 9.59 Å². The summed E-state index contributed by atoms with van der Waals surface area (Å²) in [7, 11) is 0. The maximum atomic E-state index is 10.4. The van der Waals surface area contributed by atoms with Crippen LogP contribution in [-0.4, -0.2) is 16.9 Å². The van der Waals surface area contributed by atoms with E-state index < -0.39 is 17.7 Å². The van der Waals surface area contributed by atoms with Crippen molar-refractivity contribution < 1.29 is 14.7 Å². The fraction of sp³-hybridized carbons (Fsp3) is 0.167. The van der Waals surface area contributed by atoms with E-state index >= 15 is 0 Å². The Kier molecular flexibility index (Phi) is 2.64. The zero-order valence-electron chi connectivity index (χ0n) is 4.83. The van der Waals surface area contributed by atoms with Crippen molar-refractivity contribution in [2.24, 2.45) is 5.92 Å². The zero-order valence-corrected chi connectivity index (χ0v) is 4.83. The number of aliphatic carboxylic acids is 1. The van der Waals surface area contributed by atoms with E-state index in [2.05, 4.69) is 13.5 Å². The second-order valence-corrected chi connectivity index (χ2v) is 1.50. The standard InChI is InChI=1S/C6H7O3/c1-3-5(7)4(2)6(8)9/h3-4H,1-2H2,(H,8,9). The smallest absolute Gasteiger partial charge is 0.314 e. The number of carbonyl (C=O) groups is 2. The SMILES string of the molecule is [CH2]C(C(=O)O)C(=O)C=C. The van der Waals surface area contributed by atoms with Gasteiger partial charge in [0.15, 0.2) is 5.78 Å². The average molecular weight is 127 g/mol. The van der Waals surface area contributed by atoms with Crippen LogP contribution < -0.4 is 0 Å². The van der Waals surface area contributed by atoms with Gasteiger partial charge in [-0.25, -0.2) is 0 Å². The molecule has 9 heavy (non-hydrogen) atoms. The van der Waals surface area contributed by atoms with Crippen LogP contribution in [0.3, 0.4) is 0 Å². The summed E-state index contributed by atoms with van der Waals surface area (Å²) in [6.07, 6.45) is 0.950. The molecule has 0 heterocycles. The van der Waals surface area contributed by atoms with E-state index in [-0.39, 0.29) is 0 Å². The minimum Gasteiger partial charge on any atom is -0.481 e. The van der Waals surface area contributed by atoms with Crippen LogP contribution in [0.5, 0.6) is 0 Å². The number of carboxylic acids is 1. The molecule has 1 N–H and O–H groups in total. The average Bonchev–Trinajstić information content (AvgIpc) is 1.84. The topological polar surface area (TPSA) is 54.4 Å². The Morgan fingerprint density at radius 1 is 1.56 bits per heavy atom. The second-order valence-electron chi connectivity index (χ2n) is 1.50. The molecule has 0 bridgehead atoms. The first-order chi connectivity index (χ1) is 4.09. The molecule has 0 amide bonds. The number of rotatable bonds is 3. The van der Waals surface area contributed by atoms with Crippen molar-refractivity contribution in [2.45, 2.75) is 0 Å². The Morgan fingerprint density at radius 3 is 2.11 bits per heavy atom. The van der Waals surface area contributed by atoms with Crippen LogP contribution in [0.4, 0.5) is 0 Å². The molecule has 0 spiro atoms. The van der Waals surface area contributed by atoms with Gasteiger partial charge in [0.05, 0.1) is 0 Å². The van der Waals surface area contributed by atoms with Crippen molar-refractivity contribution >= 4 is 11.8 Å². The maximum Gasteiger partial charge on any atom is 0.314 e. The summed E-state index contributed by atoms with van der Waals surface area (Å²) in [5.74, 6) is -3.00. The van der Waals surface area contributed by atoms with Crippen LogP contribution in [0, 0.1) is 12.8 Å². The van der Waals surface area contributed by atoms with Gasteiger partial charge in [-0.1, -0.05) is 6.58 Å². The van der Waals surface area contributed by atoms with E-state index in [0.717, 1.165) is 6.08 Å². The van der Waals surface area contributed by atoms with Crippen molar-refractivity contribution in [1.82, 2.24) is 0 Å². The van der Waals surface area contributed by atoms with Gasteiger partial charge < -0.3 is 5.11 Å². The maximum absolute atomic E-state index is 10.4. The summed E-state index contributed by atoms with van der Waals surface area (Å²) < 4.78 is 0. The number of carbonyl (C=O) groups excluding carboxylic acids is 1. The third-order valence-corrected chi connectivity index (χ3v) is 0.843. The van der Waals surface area contributed by atoms with Crippen LogP contribution in [0.15, 0.2) is 12.7 Å². The normalized spacial score (nSPS) is 12.1. The lowest BCUT2D eigenvalue weighted by Crippen LogP contribution is -2.18. The monoisotopic (exact) mass is 127 g/mol. The van der Waals surface area contributed by atoms with Gasteiger partial charge in [0, 0.05) is 0 Å². The van der Waals surface area contributed by atoms with E-state index in [1.165, 1.54) is 0 Å². The van der Waals surface area contributed by atoms with Gasteiger partial charge in [-0.05, 0) is 13.0 Å². The van der Waals surface area contributed by atoms with Crippen molar-refractivity contribution in [3.8, 4) is 0 Å². The molecular formula is C6H7O3. The third-order valence-electron chi connectivity index (χ3n) is 0.843. The van der Waals surface area contributed by atoms with Gasteiger partial charge in [-0.2, -0.15) is 0 Å².